The molecule has 7 heteroatoms. The maximum atomic E-state index is 11.2. The van der Waals surface area contributed by atoms with Gasteiger partial charge in [-0.3, -0.25) is 0 Å². The lowest BCUT2D eigenvalue weighted by atomic mass is 10.4. The highest BCUT2D eigenvalue weighted by Crippen LogP contribution is 2.00. The van der Waals surface area contributed by atoms with Gasteiger partial charge in [-0.25, -0.2) is 4.79 Å². The van der Waals surface area contributed by atoms with Crippen LogP contribution >= 0.6 is 0 Å². The zero-order valence-electron chi connectivity index (χ0n) is 13.3. The fraction of sp³-hybridized carbons (Fsp3) is 0.800. The SMILES string of the molecule is C=CC(=O)OC(COCCOCCOCCO)OCCCC. The highest BCUT2D eigenvalue weighted by Gasteiger charge is 2.13. The minimum absolute atomic E-state index is 0.00591. The Kier molecular flexibility index (Phi) is 15.6. The molecule has 0 aromatic heterocycles. The van der Waals surface area contributed by atoms with Crippen molar-refractivity contribution in [2.75, 3.05) is 52.9 Å². The summed E-state index contributed by atoms with van der Waals surface area (Å²) in [6.07, 6.45) is 2.24. The van der Waals surface area contributed by atoms with E-state index in [1.165, 1.54) is 0 Å². The van der Waals surface area contributed by atoms with Gasteiger partial charge in [-0.2, -0.15) is 0 Å². The van der Waals surface area contributed by atoms with Gasteiger partial charge in [0, 0.05) is 6.08 Å². The number of hydrogen-bond donors (Lipinski definition) is 1. The Morgan fingerprint density at radius 2 is 1.73 bits per heavy atom. The molecule has 0 aliphatic carbocycles. The molecule has 1 N–H and O–H groups in total. The predicted octanol–water partition coefficient (Wildman–Crippen LogP) is 0.901. The maximum Gasteiger partial charge on any atom is 0.332 e. The van der Waals surface area contributed by atoms with Crippen molar-refractivity contribution >= 4 is 5.97 Å². The first-order valence-electron chi connectivity index (χ1n) is 7.53. The Morgan fingerprint density at radius 1 is 1.09 bits per heavy atom. The zero-order valence-corrected chi connectivity index (χ0v) is 13.3. The minimum atomic E-state index is -0.732. The van der Waals surface area contributed by atoms with Crippen LogP contribution in [0.1, 0.15) is 19.8 Å². The number of aliphatic hydroxyl groups excluding tert-OH is 1. The van der Waals surface area contributed by atoms with E-state index in [9.17, 15) is 4.79 Å². The van der Waals surface area contributed by atoms with Crippen molar-refractivity contribution in [1.82, 2.24) is 0 Å². The Morgan fingerprint density at radius 3 is 2.32 bits per heavy atom. The molecule has 0 fully saturated rings. The molecule has 1 atom stereocenters. The molecule has 0 spiro atoms. The molecule has 0 saturated carbocycles. The standard InChI is InChI=1S/C15H28O7/c1-3-5-7-21-15(22-14(17)4-2)13-20-12-11-19-10-9-18-8-6-16/h4,15-16H,2-3,5-13H2,1H3. The van der Waals surface area contributed by atoms with Crippen molar-refractivity contribution in [2.45, 2.75) is 26.1 Å². The monoisotopic (exact) mass is 320 g/mol. The van der Waals surface area contributed by atoms with Crippen LogP contribution in [0.3, 0.4) is 0 Å². The van der Waals surface area contributed by atoms with E-state index in [1.807, 2.05) is 6.92 Å². The number of carbonyl (C=O) groups excluding carboxylic acids is 1. The lowest BCUT2D eigenvalue weighted by Gasteiger charge is -2.17. The summed E-state index contributed by atoms with van der Waals surface area (Å²) in [6.45, 7) is 7.99. The normalized spacial score (nSPS) is 12.1. The fourth-order valence-electron chi connectivity index (χ4n) is 1.34. The second-order valence-corrected chi connectivity index (χ2v) is 4.32. The molecule has 0 radical (unpaired) electrons. The number of unbranched alkanes of at least 4 members (excludes halogenated alkanes) is 1. The number of esters is 1. The van der Waals surface area contributed by atoms with Gasteiger partial charge in [-0.05, 0) is 6.42 Å². The molecule has 130 valence electrons. The number of rotatable bonds is 16. The molecule has 0 heterocycles. The summed E-state index contributed by atoms with van der Waals surface area (Å²) >= 11 is 0. The molecule has 0 aliphatic heterocycles. The minimum Gasteiger partial charge on any atom is -0.430 e. The molecule has 0 aromatic carbocycles. The van der Waals surface area contributed by atoms with Gasteiger partial charge in [0.05, 0.1) is 46.2 Å². The third-order valence-electron chi connectivity index (χ3n) is 2.45. The third kappa shape index (κ3) is 14.0. The molecule has 7 nitrogen and oxygen atoms in total. The zero-order chi connectivity index (χ0) is 16.5. The van der Waals surface area contributed by atoms with Crippen molar-refractivity contribution in [3.8, 4) is 0 Å². The highest BCUT2D eigenvalue weighted by molar-refractivity contribution is 5.81. The van der Waals surface area contributed by atoms with Crippen LogP contribution in [0.2, 0.25) is 0 Å². The van der Waals surface area contributed by atoms with E-state index >= 15 is 0 Å². The largest absolute Gasteiger partial charge is 0.430 e. The van der Waals surface area contributed by atoms with E-state index in [0.717, 1.165) is 18.9 Å². The predicted molar refractivity (Wildman–Crippen MR) is 80.5 cm³/mol. The molecule has 0 aromatic rings. The smallest absolute Gasteiger partial charge is 0.332 e. The summed E-state index contributed by atoms with van der Waals surface area (Å²) in [4.78, 5) is 11.2. The molecule has 1 unspecified atom stereocenters. The van der Waals surface area contributed by atoms with Crippen molar-refractivity contribution in [3.05, 3.63) is 12.7 Å². The molecule has 0 rings (SSSR count). The Labute approximate surface area is 132 Å². The summed E-state index contributed by atoms with van der Waals surface area (Å²) in [5, 5.41) is 8.51. The van der Waals surface area contributed by atoms with Crippen LogP contribution in [0.4, 0.5) is 0 Å². The van der Waals surface area contributed by atoms with Crippen LogP contribution in [-0.2, 0) is 28.5 Å². The van der Waals surface area contributed by atoms with Crippen LogP contribution in [0, 0.1) is 0 Å². The van der Waals surface area contributed by atoms with E-state index in [1.54, 1.807) is 0 Å². The summed E-state index contributed by atoms with van der Waals surface area (Å²) in [5.41, 5.74) is 0. The van der Waals surface area contributed by atoms with E-state index in [0.29, 0.717) is 39.6 Å². The van der Waals surface area contributed by atoms with E-state index in [-0.39, 0.29) is 13.2 Å². The van der Waals surface area contributed by atoms with Gasteiger partial charge in [0.2, 0.25) is 6.29 Å². The molecular formula is C15H28O7. The number of aliphatic hydroxyl groups is 1. The second kappa shape index (κ2) is 16.4. The van der Waals surface area contributed by atoms with Crippen molar-refractivity contribution in [3.63, 3.8) is 0 Å². The molecular weight excluding hydrogens is 292 g/mol. The Hall–Kier alpha value is -0.990. The van der Waals surface area contributed by atoms with Crippen LogP contribution < -0.4 is 0 Å². The second-order valence-electron chi connectivity index (χ2n) is 4.32. The van der Waals surface area contributed by atoms with Gasteiger partial charge in [0.15, 0.2) is 0 Å². The van der Waals surface area contributed by atoms with Crippen molar-refractivity contribution in [1.29, 1.82) is 0 Å². The average Bonchev–Trinajstić information content (AvgIpc) is 2.53. The lowest BCUT2D eigenvalue weighted by molar-refractivity contribution is -0.187. The fourth-order valence-corrected chi connectivity index (χ4v) is 1.34. The average molecular weight is 320 g/mol. The Bertz CT molecular complexity index is 271. The molecule has 0 saturated heterocycles. The molecule has 0 amide bonds. The molecule has 22 heavy (non-hydrogen) atoms. The lowest BCUT2D eigenvalue weighted by Crippen LogP contribution is -2.27. The van der Waals surface area contributed by atoms with E-state index in [2.05, 4.69) is 6.58 Å². The van der Waals surface area contributed by atoms with E-state index in [4.69, 9.17) is 28.8 Å². The van der Waals surface area contributed by atoms with Gasteiger partial charge in [-0.15, -0.1) is 0 Å². The van der Waals surface area contributed by atoms with Crippen LogP contribution in [-0.4, -0.2) is 70.2 Å². The maximum absolute atomic E-state index is 11.2. The van der Waals surface area contributed by atoms with Crippen LogP contribution in [0.5, 0.6) is 0 Å². The third-order valence-corrected chi connectivity index (χ3v) is 2.45. The van der Waals surface area contributed by atoms with Gasteiger partial charge < -0.3 is 28.8 Å². The van der Waals surface area contributed by atoms with Crippen LogP contribution in [0.25, 0.3) is 0 Å². The summed E-state index contributed by atoms with van der Waals surface area (Å²) < 4.78 is 26.1. The first kappa shape index (κ1) is 21.0. The van der Waals surface area contributed by atoms with Crippen LogP contribution in [0.15, 0.2) is 12.7 Å². The van der Waals surface area contributed by atoms with Gasteiger partial charge >= 0.3 is 5.97 Å². The summed E-state index contributed by atoms with van der Waals surface area (Å²) in [7, 11) is 0. The number of ether oxygens (including phenoxy) is 5. The quantitative estimate of drug-likeness (QED) is 0.196. The van der Waals surface area contributed by atoms with Gasteiger partial charge in [0.1, 0.15) is 6.61 Å². The molecule has 0 aliphatic rings. The van der Waals surface area contributed by atoms with Crippen molar-refractivity contribution in [2.24, 2.45) is 0 Å². The number of hydrogen-bond acceptors (Lipinski definition) is 7. The van der Waals surface area contributed by atoms with Crippen molar-refractivity contribution < 1.29 is 33.6 Å². The first-order valence-corrected chi connectivity index (χ1v) is 7.53. The topological polar surface area (TPSA) is 83.5 Å². The molecule has 0 bridgehead atoms. The highest BCUT2D eigenvalue weighted by atomic mass is 16.7. The van der Waals surface area contributed by atoms with Gasteiger partial charge in [0.25, 0.3) is 0 Å². The number of carbonyl (C=O) groups is 1. The Balaban J connectivity index is 3.64. The van der Waals surface area contributed by atoms with Gasteiger partial charge in [-0.1, -0.05) is 19.9 Å². The first-order chi connectivity index (χ1) is 10.7. The summed E-state index contributed by atoms with van der Waals surface area (Å²) in [5.74, 6) is -0.539. The summed E-state index contributed by atoms with van der Waals surface area (Å²) in [6, 6.07) is 0. The van der Waals surface area contributed by atoms with E-state index < -0.39 is 12.3 Å².